The molecule has 0 radical (unpaired) electrons. The van der Waals surface area contributed by atoms with E-state index in [2.05, 4.69) is 6.58 Å². The zero-order valence-electron chi connectivity index (χ0n) is 18.0. The van der Waals surface area contributed by atoms with Gasteiger partial charge in [-0.25, -0.2) is 4.79 Å². The molecule has 4 atom stereocenters. The molecule has 4 saturated carbocycles. The van der Waals surface area contributed by atoms with Gasteiger partial charge in [0.25, 0.3) is 0 Å². The molecule has 4 nitrogen and oxygen atoms in total. The number of hydrogen-bond donors (Lipinski definition) is 1. The Balaban J connectivity index is 1.87. The molecule has 0 aromatic heterocycles. The molecular formula is C22H33F3O4. The van der Waals surface area contributed by atoms with E-state index >= 15 is 0 Å². The number of ether oxygens (including phenoxy) is 2. The van der Waals surface area contributed by atoms with E-state index in [9.17, 15) is 23.1 Å². The highest BCUT2D eigenvalue weighted by Crippen LogP contribution is 2.67. The lowest BCUT2D eigenvalue weighted by atomic mass is 9.44. The van der Waals surface area contributed by atoms with Crippen molar-refractivity contribution in [2.45, 2.75) is 102 Å². The summed E-state index contributed by atoms with van der Waals surface area (Å²) < 4.78 is 51.8. The first-order valence-electron chi connectivity index (χ1n) is 10.4. The van der Waals surface area contributed by atoms with E-state index in [0.717, 1.165) is 39.0 Å². The van der Waals surface area contributed by atoms with Gasteiger partial charge >= 0.3 is 12.1 Å². The molecule has 4 aliphatic carbocycles. The van der Waals surface area contributed by atoms with Crippen molar-refractivity contribution in [3.8, 4) is 0 Å². The number of esters is 1. The molecule has 0 aromatic carbocycles. The number of hydrogen-bond acceptors (Lipinski definition) is 4. The van der Waals surface area contributed by atoms with Crippen LogP contribution >= 0.6 is 0 Å². The number of carbonyl (C=O) groups excluding carboxylic acids is 1. The molecule has 0 aromatic rings. The molecule has 4 bridgehead atoms. The zero-order valence-corrected chi connectivity index (χ0v) is 18.0. The highest BCUT2D eigenvalue weighted by Gasteiger charge is 2.65. The van der Waals surface area contributed by atoms with Crippen molar-refractivity contribution < 1.29 is 32.5 Å². The maximum atomic E-state index is 13.3. The van der Waals surface area contributed by atoms with Crippen molar-refractivity contribution in [3.63, 3.8) is 0 Å². The minimum atomic E-state index is -4.79. The van der Waals surface area contributed by atoms with Crippen LogP contribution in [0.4, 0.5) is 13.2 Å². The molecular weight excluding hydrogens is 385 g/mol. The number of aliphatic hydroxyl groups is 1. The fraction of sp³-hybridized carbons (Fsp3) is 0.864. The van der Waals surface area contributed by atoms with Gasteiger partial charge in [-0.2, -0.15) is 13.2 Å². The van der Waals surface area contributed by atoms with Crippen LogP contribution in [0, 0.1) is 17.3 Å². The van der Waals surface area contributed by atoms with Crippen LogP contribution in [-0.2, 0) is 14.3 Å². The third-order valence-electron chi connectivity index (χ3n) is 7.78. The Morgan fingerprint density at radius 1 is 1.14 bits per heavy atom. The van der Waals surface area contributed by atoms with Crippen molar-refractivity contribution >= 4 is 5.97 Å². The lowest BCUT2D eigenvalue weighted by Gasteiger charge is -2.65. The molecule has 166 valence electrons. The van der Waals surface area contributed by atoms with E-state index < -0.39 is 40.5 Å². The van der Waals surface area contributed by atoms with Crippen molar-refractivity contribution in [2.24, 2.45) is 17.3 Å². The molecule has 4 aliphatic rings. The van der Waals surface area contributed by atoms with Crippen molar-refractivity contribution in [3.05, 3.63) is 12.2 Å². The summed E-state index contributed by atoms with van der Waals surface area (Å²) in [5.74, 6) is 0.306. The van der Waals surface area contributed by atoms with Crippen LogP contribution < -0.4 is 0 Å². The monoisotopic (exact) mass is 418 g/mol. The highest BCUT2D eigenvalue weighted by atomic mass is 19.4. The number of rotatable bonds is 6. The van der Waals surface area contributed by atoms with E-state index in [4.69, 9.17) is 9.47 Å². The van der Waals surface area contributed by atoms with Crippen molar-refractivity contribution in [1.29, 1.82) is 0 Å². The van der Waals surface area contributed by atoms with E-state index in [-0.39, 0.29) is 0 Å². The van der Waals surface area contributed by atoms with Gasteiger partial charge < -0.3 is 14.6 Å². The van der Waals surface area contributed by atoms with Crippen LogP contribution in [-0.4, -0.2) is 40.2 Å². The fourth-order valence-corrected chi connectivity index (χ4v) is 6.20. The van der Waals surface area contributed by atoms with E-state index in [1.165, 1.54) is 6.92 Å². The molecule has 4 fully saturated rings. The lowest BCUT2D eigenvalue weighted by molar-refractivity contribution is -0.316. The van der Waals surface area contributed by atoms with Crippen LogP contribution in [0.25, 0.3) is 0 Å². The summed E-state index contributed by atoms with van der Waals surface area (Å²) in [6.45, 7) is 11.0. The topological polar surface area (TPSA) is 55.8 Å². The van der Waals surface area contributed by atoms with Crippen molar-refractivity contribution in [1.82, 2.24) is 0 Å². The average Bonchev–Trinajstić information content (AvgIpc) is 2.51. The Morgan fingerprint density at radius 3 is 2.10 bits per heavy atom. The molecule has 0 amide bonds. The molecule has 0 heterocycles. The van der Waals surface area contributed by atoms with Gasteiger partial charge in [-0.3, -0.25) is 0 Å². The Kier molecular flexibility index (Phi) is 5.23. The molecule has 1 N–H and O–H groups in total. The predicted octanol–water partition coefficient (Wildman–Crippen LogP) is 4.94. The van der Waals surface area contributed by atoms with E-state index in [1.54, 1.807) is 6.92 Å². The normalized spacial score (nSPS) is 37.1. The summed E-state index contributed by atoms with van der Waals surface area (Å²) in [4.78, 5) is 12.3. The number of halogens is 3. The standard InChI is InChI=1S/C22H33F3O4/c1-13(2)17(26)29-21-10-15-7-16(11-21)9-20(8-15,12-21)18(4,5)28-14(3)19(6,27)22(23,24)25/h14-16,27H,1,7-12H2,2-6H3. The number of alkyl halides is 3. The summed E-state index contributed by atoms with van der Waals surface area (Å²) in [5, 5.41) is 10.1. The van der Waals surface area contributed by atoms with Crippen LogP contribution in [0.15, 0.2) is 12.2 Å². The zero-order chi connectivity index (χ0) is 22.0. The minimum Gasteiger partial charge on any atom is -0.456 e. The second kappa shape index (κ2) is 6.71. The maximum absolute atomic E-state index is 13.3. The molecule has 0 aliphatic heterocycles. The first-order chi connectivity index (χ1) is 13.0. The SMILES string of the molecule is C=C(C)C(=O)OC12CC3CC(C1)CC(C(C)(C)OC(C)C(C)(O)C(F)(F)F)(C3)C2. The van der Waals surface area contributed by atoms with Crippen LogP contribution in [0.5, 0.6) is 0 Å². The van der Waals surface area contributed by atoms with Gasteiger partial charge in [-0.1, -0.05) is 6.58 Å². The second-order valence-electron chi connectivity index (χ2n) is 10.5. The van der Waals surface area contributed by atoms with E-state index in [1.807, 2.05) is 13.8 Å². The summed E-state index contributed by atoms with van der Waals surface area (Å²) in [6.07, 6.45) is -1.35. The largest absolute Gasteiger partial charge is 0.456 e. The maximum Gasteiger partial charge on any atom is 0.419 e. The quantitative estimate of drug-likeness (QED) is 0.490. The molecule has 4 rings (SSSR count). The number of carbonyl (C=O) groups is 1. The average molecular weight is 418 g/mol. The third-order valence-corrected chi connectivity index (χ3v) is 7.78. The van der Waals surface area contributed by atoms with Gasteiger partial charge in [0.05, 0.1) is 11.7 Å². The summed E-state index contributed by atoms with van der Waals surface area (Å²) in [5.41, 5.74) is -4.52. The Labute approximate surface area is 170 Å². The Bertz CT molecular complexity index is 681. The van der Waals surface area contributed by atoms with Gasteiger partial charge in [0.1, 0.15) is 5.60 Å². The molecule has 0 spiro atoms. The molecule has 4 unspecified atom stereocenters. The fourth-order valence-electron chi connectivity index (χ4n) is 6.20. The van der Waals surface area contributed by atoms with Crippen LogP contribution in [0.3, 0.4) is 0 Å². The predicted molar refractivity (Wildman–Crippen MR) is 102 cm³/mol. The Hall–Kier alpha value is -1.08. The summed E-state index contributed by atoms with van der Waals surface area (Å²) in [7, 11) is 0. The first-order valence-corrected chi connectivity index (χ1v) is 10.4. The lowest BCUT2D eigenvalue weighted by Crippen LogP contribution is -2.65. The van der Waals surface area contributed by atoms with Gasteiger partial charge in [-0.15, -0.1) is 0 Å². The highest BCUT2D eigenvalue weighted by molar-refractivity contribution is 5.87. The summed E-state index contributed by atoms with van der Waals surface area (Å²) in [6, 6.07) is 0. The summed E-state index contributed by atoms with van der Waals surface area (Å²) >= 11 is 0. The molecule has 0 saturated heterocycles. The van der Waals surface area contributed by atoms with Crippen LogP contribution in [0.2, 0.25) is 0 Å². The van der Waals surface area contributed by atoms with E-state index in [0.29, 0.717) is 23.8 Å². The first kappa shape index (κ1) is 22.6. The second-order valence-corrected chi connectivity index (χ2v) is 10.5. The van der Waals surface area contributed by atoms with Gasteiger partial charge in [-0.05, 0) is 85.0 Å². The molecule has 7 heteroatoms. The third kappa shape index (κ3) is 3.73. The van der Waals surface area contributed by atoms with Gasteiger partial charge in [0.2, 0.25) is 0 Å². The van der Waals surface area contributed by atoms with Gasteiger partial charge in [0.15, 0.2) is 5.60 Å². The smallest absolute Gasteiger partial charge is 0.419 e. The Morgan fingerprint density at radius 2 is 1.66 bits per heavy atom. The van der Waals surface area contributed by atoms with Gasteiger partial charge in [0, 0.05) is 11.0 Å². The van der Waals surface area contributed by atoms with Crippen LogP contribution in [0.1, 0.15) is 73.1 Å². The minimum absolute atomic E-state index is 0.347. The van der Waals surface area contributed by atoms with Crippen molar-refractivity contribution in [2.75, 3.05) is 0 Å². The molecule has 29 heavy (non-hydrogen) atoms.